The quantitative estimate of drug-likeness (QED) is 0.686. The summed E-state index contributed by atoms with van der Waals surface area (Å²) >= 11 is 5.91. The maximum absolute atomic E-state index is 12.7. The van der Waals surface area contributed by atoms with Crippen molar-refractivity contribution in [2.75, 3.05) is 7.11 Å². The Labute approximate surface area is 133 Å². The maximum Gasteiger partial charge on any atom is 0.235 e. The molecule has 0 radical (unpaired) electrons. The van der Waals surface area contributed by atoms with E-state index in [9.17, 15) is 4.79 Å². The normalized spacial score (nSPS) is 10.9. The summed E-state index contributed by atoms with van der Waals surface area (Å²) in [5.41, 5.74) is 3.25. The zero-order valence-corrected chi connectivity index (χ0v) is 13.3. The highest BCUT2D eigenvalue weighted by Gasteiger charge is 2.17. The first-order chi connectivity index (χ1) is 10.5. The smallest absolute Gasteiger partial charge is 0.235 e. The second-order valence-electron chi connectivity index (χ2n) is 5.23. The largest absolute Gasteiger partial charge is 0.490 e. The van der Waals surface area contributed by atoms with Crippen LogP contribution < -0.4 is 10.2 Å². The molecule has 3 rings (SSSR count). The van der Waals surface area contributed by atoms with Crippen molar-refractivity contribution in [3.63, 3.8) is 0 Å². The van der Waals surface area contributed by atoms with Gasteiger partial charge in [0, 0.05) is 10.6 Å². The summed E-state index contributed by atoms with van der Waals surface area (Å²) < 4.78 is 11.3. The number of halogens is 1. The Morgan fingerprint density at radius 2 is 1.68 bits per heavy atom. The first kappa shape index (κ1) is 14.7. The van der Waals surface area contributed by atoms with E-state index in [1.54, 1.807) is 24.3 Å². The number of methoxy groups -OCH3 is 1. The molecule has 4 heteroatoms. The molecule has 0 saturated heterocycles. The molecule has 0 fully saturated rings. The number of fused-ring (bicyclic) bond motifs is 1. The summed E-state index contributed by atoms with van der Waals surface area (Å²) in [5, 5.41) is 1.15. The van der Waals surface area contributed by atoms with Gasteiger partial charge in [-0.1, -0.05) is 11.6 Å². The highest BCUT2D eigenvalue weighted by atomic mass is 35.5. The van der Waals surface area contributed by atoms with Crippen molar-refractivity contribution >= 4 is 22.6 Å². The third-order valence-corrected chi connectivity index (χ3v) is 4.03. The van der Waals surface area contributed by atoms with Crippen LogP contribution in [0.25, 0.3) is 22.3 Å². The van der Waals surface area contributed by atoms with Crippen molar-refractivity contribution < 1.29 is 9.15 Å². The zero-order chi connectivity index (χ0) is 15.9. The monoisotopic (exact) mass is 314 g/mol. The first-order valence-electron chi connectivity index (χ1n) is 6.89. The van der Waals surface area contributed by atoms with Crippen LogP contribution in [0.5, 0.6) is 5.75 Å². The van der Waals surface area contributed by atoms with Gasteiger partial charge in [0.15, 0.2) is 5.76 Å². The molecule has 0 aliphatic heterocycles. The third-order valence-electron chi connectivity index (χ3n) is 3.78. The van der Waals surface area contributed by atoms with Gasteiger partial charge < -0.3 is 9.15 Å². The maximum atomic E-state index is 12.7. The lowest BCUT2D eigenvalue weighted by Gasteiger charge is -2.10. The van der Waals surface area contributed by atoms with Crippen LogP contribution in [-0.2, 0) is 0 Å². The van der Waals surface area contributed by atoms with E-state index in [0.717, 1.165) is 16.7 Å². The Morgan fingerprint density at radius 3 is 2.32 bits per heavy atom. The van der Waals surface area contributed by atoms with E-state index in [1.165, 1.54) is 7.11 Å². The van der Waals surface area contributed by atoms with Crippen LogP contribution in [0.3, 0.4) is 0 Å². The molecule has 0 atom stereocenters. The van der Waals surface area contributed by atoms with Gasteiger partial charge in [-0.25, -0.2) is 0 Å². The van der Waals surface area contributed by atoms with E-state index < -0.39 is 0 Å². The summed E-state index contributed by atoms with van der Waals surface area (Å²) in [6.07, 6.45) is 0. The summed E-state index contributed by atoms with van der Waals surface area (Å²) in [6.45, 7) is 3.95. The predicted octanol–water partition coefficient (Wildman–Crippen LogP) is 4.74. The summed E-state index contributed by atoms with van der Waals surface area (Å²) in [5.74, 6) is 0.623. The molecule has 1 aromatic heterocycles. The van der Waals surface area contributed by atoms with Crippen molar-refractivity contribution in [2.45, 2.75) is 13.8 Å². The van der Waals surface area contributed by atoms with Crippen LogP contribution in [0.2, 0.25) is 5.02 Å². The molecule has 0 aliphatic carbocycles. The molecule has 112 valence electrons. The second kappa shape index (κ2) is 5.50. The van der Waals surface area contributed by atoms with Crippen molar-refractivity contribution in [1.29, 1.82) is 0 Å². The van der Waals surface area contributed by atoms with Gasteiger partial charge in [-0.3, -0.25) is 4.79 Å². The lowest BCUT2D eigenvalue weighted by molar-refractivity contribution is 0.398. The average Bonchev–Trinajstić information content (AvgIpc) is 2.50. The van der Waals surface area contributed by atoms with E-state index >= 15 is 0 Å². The SMILES string of the molecule is COc1c(-c2ccc(Cl)cc2)oc2cc(C)c(C)cc2c1=O. The number of hydrogen-bond donors (Lipinski definition) is 0. The molecular formula is C18H15ClO3. The third kappa shape index (κ3) is 2.38. The van der Waals surface area contributed by atoms with E-state index in [1.807, 2.05) is 26.0 Å². The van der Waals surface area contributed by atoms with Crippen LogP contribution in [-0.4, -0.2) is 7.11 Å². The molecule has 0 bridgehead atoms. The molecule has 0 unspecified atom stereocenters. The van der Waals surface area contributed by atoms with Gasteiger partial charge in [0.2, 0.25) is 11.2 Å². The van der Waals surface area contributed by atoms with E-state index in [2.05, 4.69) is 0 Å². The molecule has 1 heterocycles. The minimum absolute atomic E-state index is 0.170. The van der Waals surface area contributed by atoms with Gasteiger partial charge in [-0.2, -0.15) is 0 Å². The Hall–Kier alpha value is -2.26. The summed E-state index contributed by atoms with van der Waals surface area (Å²) in [6, 6.07) is 10.8. The second-order valence-corrected chi connectivity index (χ2v) is 5.67. The Bertz CT molecular complexity index is 908. The Kier molecular flexibility index (Phi) is 3.67. The summed E-state index contributed by atoms with van der Waals surface area (Å²) in [7, 11) is 1.47. The van der Waals surface area contributed by atoms with Crippen LogP contribution in [0.4, 0.5) is 0 Å². The van der Waals surface area contributed by atoms with Gasteiger partial charge >= 0.3 is 0 Å². The molecule has 0 saturated carbocycles. The fourth-order valence-electron chi connectivity index (χ4n) is 2.41. The number of hydrogen-bond acceptors (Lipinski definition) is 3. The van der Waals surface area contributed by atoms with Crippen molar-refractivity contribution in [2.24, 2.45) is 0 Å². The van der Waals surface area contributed by atoms with Crippen molar-refractivity contribution in [3.05, 3.63) is 62.8 Å². The van der Waals surface area contributed by atoms with Crippen LogP contribution in [0.1, 0.15) is 11.1 Å². The molecule has 0 aliphatic rings. The fourth-order valence-corrected chi connectivity index (χ4v) is 2.54. The van der Waals surface area contributed by atoms with Crippen LogP contribution in [0.15, 0.2) is 45.6 Å². The molecule has 0 amide bonds. The van der Waals surface area contributed by atoms with Crippen LogP contribution >= 0.6 is 11.6 Å². The lowest BCUT2D eigenvalue weighted by atomic mass is 10.1. The molecule has 22 heavy (non-hydrogen) atoms. The highest BCUT2D eigenvalue weighted by molar-refractivity contribution is 6.30. The van der Waals surface area contributed by atoms with Gasteiger partial charge in [-0.15, -0.1) is 0 Å². The van der Waals surface area contributed by atoms with Crippen molar-refractivity contribution in [1.82, 2.24) is 0 Å². The van der Waals surface area contributed by atoms with Crippen LogP contribution in [0, 0.1) is 13.8 Å². The van der Waals surface area contributed by atoms with Crippen molar-refractivity contribution in [3.8, 4) is 17.1 Å². The standard InChI is InChI=1S/C18H15ClO3/c1-10-8-14-15(9-11(10)2)22-17(18(21-3)16(14)20)12-4-6-13(19)7-5-12/h4-9H,1-3H3. The number of rotatable bonds is 2. The van der Waals surface area contributed by atoms with Gasteiger partial charge in [-0.05, 0) is 61.4 Å². The van der Waals surface area contributed by atoms with Gasteiger partial charge in [0.1, 0.15) is 5.58 Å². The van der Waals surface area contributed by atoms with Gasteiger partial charge in [0.25, 0.3) is 0 Å². The van der Waals surface area contributed by atoms with Gasteiger partial charge in [0.05, 0.1) is 12.5 Å². The molecule has 3 aromatic rings. The molecule has 0 N–H and O–H groups in total. The average molecular weight is 315 g/mol. The van der Waals surface area contributed by atoms with E-state index in [4.69, 9.17) is 20.8 Å². The predicted molar refractivity (Wildman–Crippen MR) is 89.0 cm³/mol. The molecular weight excluding hydrogens is 300 g/mol. The highest BCUT2D eigenvalue weighted by Crippen LogP contribution is 2.32. The zero-order valence-electron chi connectivity index (χ0n) is 12.6. The fraction of sp³-hybridized carbons (Fsp3) is 0.167. The number of ether oxygens (including phenoxy) is 1. The number of aryl methyl sites for hydroxylation is 2. The molecule has 0 spiro atoms. The Balaban J connectivity index is 2.37. The Morgan fingerprint density at radius 1 is 1.05 bits per heavy atom. The molecule has 3 nitrogen and oxygen atoms in total. The topological polar surface area (TPSA) is 39.4 Å². The minimum atomic E-state index is -0.170. The van der Waals surface area contributed by atoms with E-state index in [-0.39, 0.29) is 11.2 Å². The first-order valence-corrected chi connectivity index (χ1v) is 7.27. The number of benzene rings is 2. The summed E-state index contributed by atoms with van der Waals surface area (Å²) in [4.78, 5) is 12.7. The minimum Gasteiger partial charge on any atom is -0.490 e. The van der Waals surface area contributed by atoms with E-state index in [0.29, 0.717) is 21.8 Å². The molecule has 2 aromatic carbocycles. The lowest BCUT2D eigenvalue weighted by Crippen LogP contribution is -2.08.